The fourth-order valence-electron chi connectivity index (χ4n) is 3.34. The molecular weight excluding hydrogens is 292 g/mol. The van der Waals surface area contributed by atoms with Gasteiger partial charge >= 0.3 is 0 Å². The smallest absolute Gasteiger partial charge is 0.185 e. The van der Waals surface area contributed by atoms with Gasteiger partial charge in [-0.1, -0.05) is 25.1 Å². The lowest BCUT2D eigenvalue weighted by atomic mass is 9.94. The predicted molar refractivity (Wildman–Crippen MR) is 86.5 cm³/mol. The van der Waals surface area contributed by atoms with E-state index >= 15 is 0 Å². The van der Waals surface area contributed by atoms with Crippen LogP contribution in [0.3, 0.4) is 0 Å². The second-order valence-corrected chi connectivity index (χ2v) is 6.04. The van der Waals surface area contributed by atoms with Gasteiger partial charge in [0, 0.05) is 23.0 Å². The van der Waals surface area contributed by atoms with Crippen molar-refractivity contribution in [1.82, 2.24) is 4.98 Å². The van der Waals surface area contributed by atoms with E-state index < -0.39 is 5.60 Å². The lowest BCUT2D eigenvalue weighted by Gasteiger charge is -2.24. The van der Waals surface area contributed by atoms with Gasteiger partial charge in [-0.25, -0.2) is 0 Å². The monoisotopic (exact) mass is 312 g/mol. The third-order valence-electron chi connectivity index (χ3n) is 4.65. The van der Waals surface area contributed by atoms with E-state index in [1.807, 2.05) is 43.5 Å². The van der Waals surface area contributed by atoms with E-state index in [0.717, 1.165) is 22.5 Å². The van der Waals surface area contributed by atoms with Crippen LogP contribution < -0.4 is 4.90 Å². The van der Waals surface area contributed by atoms with Crippen molar-refractivity contribution in [2.24, 2.45) is 0 Å². The van der Waals surface area contributed by atoms with Crippen molar-refractivity contribution < 1.29 is 14.6 Å². The van der Waals surface area contributed by atoms with Crippen LogP contribution in [0.25, 0.3) is 0 Å². The number of β-amino-alcohol motifs (C(OH)–C–C–N with tert-alkyl or cyclic N) is 1. The van der Waals surface area contributed by atoms with Gasteiger partial charge in [0.2, 0.25) is 0 Å². The number of nitrogens with zero attached hydrogens (tertiary/aromatic N) is 2. The maximum atomic E-state index is 11.0. The number of para-hydroxylation sites is 1. The molecule has 0 aliphatic carbocycles. The molecule has 3 heterocycles. The average molecular weight is 312 g/mol. The van der Waals surface area contributed by atoms with Crippen LogP contribution in [0, 0.1) is 0 Å². The fourth-order valence-corrected chi connectivity index (χ4v) is 3.34. The maximum absolute atomic E-state index is 11.0. The molecule has 1 aromatic heterocycles. The number of benzene rings is 1. The van der Waals surface area contributed by atoms with Crippen LogP contribution in [0.2, 0.25) is 0 Å². The van der Waals surface area contributed by atoms with Crippen LogP contribution in [0.5, 0.6) is 0 Å². The minimum absolute atomic E-state index is 0.342. The Morgan fingerprint density at radius 1 is 1.26 bits per heavy atom. The molecule has 1 atom stereocenters. The number of fused-ring (bicyclic) bond motifs is 1. The zero-order valence-electron chi connectivity index (χ0n) is 13.1. The highest BCUT2D eigenvalue weighted by Crippen LogP contribution is 2.44. The lowest BCUT2D eigenvalue weighted by molar-refractivity contribution is -0.0443. The Kier molecular flexibility index (Phi) is 3.56. The Morgan fingerprint density at radius 2 is 2.04 bits per heavy atom. The number of hydrogen-bond acceptors (Lipinski definition) is 5. The summed E-state index contributed by atoms with van der Waals surface area (Å²) in [4.78, 5) is 6.45. The first-order valence-electron chi connectivity index (χ1n) is 7.99. The largest absolute Gasteiger partial charge is 0.383 e. The van der Waals surface area contributed by atoms with Gasteiger partial charge in [-0.05, 0) is 18.6 Å². The third-order valence-corrected chi connectivity index (χ3v) is 4.65. The molecular formula is C18H20N2O3. The van der Waals surface area contributed by atoms with Crippen LogP contribution in [-0.4, -0.2) is 29.8 Å². The SMILES string of the molecule is CCC1(O)CN(c2cncc(C3OCCO3)c2)c2ccccc21. The Labute approximate surface area is 135 Å². The van der Waals surface area contributed by atoms with Gasteiger partial charge in [0.1, 0.15) is 5.60 Å². The second kappa shape index (κ2) is 5.60. The molecule has 1 N–H and O–H groups in total. The molecule has 2 aliphatic rings. The average Bonchev–Trinajstić information content (AvgIpc) is 3.23. The van der Waals surface area contributed by atoms with Gasteiger partial charge in [-0.2, -0.15) is 0 Å². The molecule has 5 nitrogen and oxygen atoms in total. The third kappa shape index (κ3) is 2.41. The number of ether oxygens (including phenoxy) is 2. The molecule has 0 amide bonds. The van der Waals surface area contributed by atoms with E-state index in [2.05, 4.69) is 9.88 Å². The van der Waals surface area contributed by atoms with E-state index in [9.17, 15) is 5.11 Å². The molecule has 0 saturated carbocycles. The first-order chi connectivity index (χ1) is 11.2. The van der Waals surface area contributed by atoms with E-state index in [4.69, 9.17) is 9.47 Å². The van der Waals surface area contributed by atoms with Crippen LogP contribution in [-0.2, 0) is 15.1 Å². The number of anilines is 2. The summed E-state index contributed by atoms with van der Waals surface area (Å²) in [6, 6.07) is 10.0. The standard InChI is InChI=1S/C18H20N2O3/c1-2-18(21)12-20(16-6-4-3-5-15(16)18)14-9-13(10-19-11-14)17-22-7-8-23-17/h3-6,9-11,17,21H,2,7-8,12H2,1H3. The zero-order chi connectivity index (χ0) is 15.9. The molecule has 0 spiro atoms. The number of pyridine rings is 1. The lowest BCUT2D eigenvalue weighted by Crippen LogP contribution is -2.30. The molecule has 2 aliphatic heterocycles. The predicted octanol–water partition coefficient (Wildman–Crippen LogP) is 2.88. The number of hydrogen-bond donors (Lipinski definition) is 1. The van der Waals surface area contributed by atoms with Crippen molar-refractivity contribution in [2.75, 3.05) is 24.7 Å². The number of rotatable bonds is 3. The van der Waals surface area contributed by atoms with E-state index in [0.29, 0.717) is 26.2 Å². The summed E-state index contributed by atoms with van der Waals surface area (Å²) in [5.41, 5.74) is 3.03. The molecule has 1 saturated heterocycles. The molecule has 4 rings (SSSR count). The molecule has 0 bridgehead atoms. The normalized spacial score (nSPS) is 24.2. The highest BCUT2D eigenvalue weighted by Gasteiger charge is 2.40. The van der Waals surface area contributed by atoms with Crippen LogP contribution >= 0.6 is 0 Å². The summed E-state index contributed by atoms with van der Waals surface area (Å²) in [6.45, 7) is 3.75. The Bertz CT molecular complexity index is 715. The molecule has 1 fully saturated rings. The summed E-state index contributed by atoms with van der Waals surface area (Å²) in [7, 11) is 0. The molecule has 1 unspecified atom stereocenters. The quantitative estimate of drug-likeness (QED) is 0.944. The summed E-state index contributed by atoms with van der Waals surface area (Å²) in [6.07, 6.45) is 3.91. The Morgan fingerprint density at radius 3 is 2.83 bits per heavy atom. The zero-order valence-corrected chi connectivity index (χ0v) is 13.1. The van der Waals surface area contributed by atoms with Crippen molar-refractivity contribution in [3.05, 3.63) is 53.9 Å². The first-order valence-corrected chi connectivity index (χ1v) is 7.99. The van der Waals surface area contributed by atoms with Gasteiger partial charge in [-0.3, -0.25) is 4.98 Å². The minimum atomic E-state index is -0.826. The van der Waals surface area contributed by atoms with Gasteiger partial charge in [0.05, 0.1) is 31.6 Å². The highest BCUT2D eigenvalue weighted by molar-refractivity contribution is 5.71. The van der Waals surface area contributed by atoms with Gasteiger partial charge < -0.3 is 19.5 Å². The molecule has 23 heavy (non-hydrogen) atoms. The van der Waals surface area contributed by atoms with Crippen molar-refractivity contribution in [1.29, 1.82) is 0 Å². The van der Waals surface area contributed by atoms with Crippen molar-refractivity contribution in [3.63, 3.8) is 0 Å². The van der Waals surface area contributed by atoms with E-state index in [-0.39, 0.29) is 6.29 Å². The van der Waals surface area contributed by atoms with Gasteiger partial charge in [0.25, 0.3) is 0 Å². The summed E-state index contributed by atoms with van der Waals surface area (Å²) < 4.78 is 11.1. The Balaban J connectivity index is 1.73. The fraction of sp³-hybridized carbons (Fsp3) is 0.389. The van der Waals surface area contributed by atoms with Gasteiger partial charge in [-0.15, -0.1) is 0 Å². The highest BCUT2D eigenvalue weighted by atomic mass is 16.7. The van der Waals surface area contributed by atoms with Crippen LogP contribution in [0.4, 0.5) is 11.4 Å². The van der Waals surface area contributed by atoms with Gasteiger partial charge in [0.15, 0.2) is 6.29 Å². The van der Waals surface area contributed by atoms with E-state index in [1.165, 1.54) is 0 Å². The number of aliphatic hydroxyl groups is 1. The summed E-state index contributed by atoms with van der Waals surface area (Å²) >= 11 is 0. The van der Waals surface area contributed by atoms with Crippen molar-refractivity contribution in [3.8, 4) is 0 Å². The summed E-state index contributed by atoms with van der Waals surface area (Å²) in [5.74, 6) is 0. The first kappa shape index (κ1) is 14.6. The second-order valence-electron chi connectivity index (χ2n) is 6.04. The topological polar surface area (TPSA) is 54.8 Å². The molecule has 120 valence electrons. The molecule has 2 aromatic rings. The Hall–Kier alpha value is -1.95. The minimum Gasteiger partial charge on any atom is -0.383 e. The molecule has 1 aromatic carbocycles. The summed E-state index contributed by atoms with van der Waals surface area (Å²) in [5, 5.41) is 11.0. The number of aromatic nitrogens is 1. The molecule has 5 heteroatoms. The van der Waals surface area contributed by atoms with E-state index in [1.54, 1.807) is 6.20 Å². The van der Waals surface area contributed by atoms with Crippen LogP contribution in [0.15, 0.2) is 42.7 Å². The maximum Gasteiger partial charge on any atom is 0.185 e. The van der Waals surface area contributed by atoms with Crippen molar-refractivity contribution >= 4 is 11.4 Å². The van der Waals surface area contributed by atoms with Crippen molar-refractivity contribution in [2.45, 2.75) is 25.2 Å². The molecule has 0 radical (unpaired) electrons. The van der Waals surface area contributed by atoms with Crippen LogP contribution in [0.1, 0.15) is 30.8 Å².